The predicted octanol–water partition coefficient (Wildman–Crippen LogP) is 2.46. The van der Waals surface area contributed by atoms with Gasteiger partial charge in [-0.15, -0.1) is 0 Å². The minimum Gasteiger partial charge on any atom is -0.377 e. The van der Waals surface area contributed by atoms with Crippen LogP contribution in [-0.2, 0) is 4.74 Å². The summed E-state index contributed by atoms with van der Waals surface area (Å²) in [4.78, 5) is 0. The lowest BCUT2D eigenvalue weighted by molar-refractivity contribution is 0.0280. The summed E-state index contributed by atoms with van der Waals surface area (Å²) in [7, 11) is 0. The fourth-order valence-corrected chi connectivity index (χ4v) is 1.39. The highest BCUT2D eigenvalue weighted by Gasteiger charge is 2.31. The van der Waals surface area contributed by atoms with E-state index in [1.54, 1.807) is 0 Å². The van der Waals surface area contributed by atoms with Crippen LogP contribution in [-0.4, -0.2) is 12.7 Å². The van der Waals surface area contributed by atoms with Gasteiger partial charge in [0, 0.05) is 6.61 Å². The molecular formula is C9H18O. The van der Waals surface area contributed by atoms with Crippen LogP contribution in [0.5, 0.6) is 0 Å². The quantitative estimate of drug-likeness (QED) is 0.505. The van der Waals surface area contributed by atoms with E-state index in [9.17, 15) is 0 Å². The van der Waals surface area contributed by atoms with Crippen LogP contribution in [0, 0.1) is 11.3 Å². The van der Waals surface area contributed by atoms with Crippen molar-refractivity contribution in [3.05, 3.63) is 0 Å². The lowest BCUT2D eigenvalue weighted by atomic mass is 9.86. The molecule has 0 amide bonds. The van der Waals surface area contributed by atoms with Gasteiger partial charge in [0.2, 0.25) is 0 Å². The molecule has 0 aliphatic carbocycles. The van der Waals surface area contributed by atoms with E-state index in [0.29, 0.717) is 11.5 Å². The molecule has 60 valence electrons. The molecule has 1 rings (SSSR count). The zero-order valence-corrected chi connectivity index (χ0v) is 7.48. The standard InChI is InChI=1S/C9H18O/c1-7-5-8(10-6-7)9(2,3)4/h7-8H,5-6H2,1-4H3. The van der Waals surface area contributed by atoms with E-state index < -0.39 is 0 Å². The number of hydrogen-bond donors (Lipinski definition) is 0. The van der Waals surface area contributed by atoms with Crippen LogP contribution >= 0.6 is 0 Å². The molecule has 0 aromatic carbocycles. The lowest BCUT2D eigenvalue weighted by Gasteiger charge is -2.25. The van der Waals surface area contributed by atoms with Crippen LogP contribution in [0.2, 0.25) is 0 Å². The van der Waals surface area contributed by atoms with E-state index in [-0.39, 0.29) is 0 Å². The largest absolute Gasteiger partial charge is 0.377 e. The van der Waals surface area contributed by atoms with Gasteiger partial charge in [-0.05, 0) is 17.8 Å². The molecule has 0 aromatic rings. The fraction of sp³-hybridized carbons (Fsp3) is 1.00. The van der Waals surface area contributed by atoms with Gasteiger partial charge in [-0.2, -0.15) is 0 Å². The van der Waals surface area contributed by atoms with Crippen molar-refractivity contribution in [2.45, 2.75) is 40.2 Å². The van der Waals surface area contributed by atoms with Crippen molar-refractivity contribution in [3.63, 3.8) is 0 Å². The Labute approximate surface area is 63.8 Å². The van der Waals surface area contributed by atoms with Crippen LogP contribution in [0.3, 0.4) is 0 Å². The second-order valence-corrected chi connectivity index (χ2v) is 4.53. The molecule has 1 fully saturated rings. The first kappa shape index (κ1) is 8.06. The van der Waals surface area contributed by atoms with Gasteiger partial charge < -0.3 is 4.74 Å². The Morgan fingerprint density at radius 1 is 1.30 bits per heavy atom. The summed E-state index contributed by atoms with van der Waals surface area (Å²) in [6.07, 6.45) is 1.73. The second-order valence-electron chi connectivity index (χ2n) is 4.53. The highest BCUT2D eigenvalue weighted by atomic mass is 16.5. The Bertz CT molecular complexity index is 112. The summed E-state index contributed by atoms with van der Waals surface area (Å²) in [6.45, 7) is 9.95. The molecular weight excluding hydrogens is 124 g/mol. The molecule has 1 heterocycles. The summed E-state index contributed by atoms with van der Waals surface area (Å²) < 4.78 is 5.63. The topological polar surface area (TPSA) is 9.23 Å². The zero-order chi connectivity index (χ0) is 7.78. The van der Waals surface area contributed by atoms with Gasteiger partial charge in [0.25, 0.3) is 0 Å². The first-order valence-corrected chi connectivity index (χ1v) is 4.12. The summed E-state index contributed by atoms with van der Waals surface area (Å²) >= 11 is 0. The van der Waals surface area contributed by atoms with Gasteiger partial charge in [-0.25, -0.2) is 0 Å². The van der Waals surface area contributed by atoms with Gasteiger partial charge in [0.15, 0.2) is 0 Å². The summed E-state index contributed by atoms with van der Waals surface area (Å²) in [5, 5.41) is 0. The zero-order valence-electron chi connectivity index (χ0n) is 7.48. The van der Waals surface area contributed by atoms with Crippen molar-refractivity contribution in [1.29, 1.82) is 0 Å². The maximum Gasteiger partial charge on any atom is 0.0626 e. The van der Waals surface area contributed by atoms with Crippen LogP contribution in [0.25, 0.3) is 0 Å². The maximum atomic E-state index is 5.63. The van der Waals surface area contributed by atoms with Gasteiger partial charge in [-0.3, -0.25) is 0 Å². The molecule has 0 aromatic heterocycles. The molecule has 0 saturated carbocycles. The van der Waals surface area contributed by atoms with Gasteiger partial charge in [0.1, 0.15) is 0 Å². The Hall–Kier alpha value is -0.0400. The maximum absolute atomic E-state index is 5.63. The van der Waals surface area contributed by atoms with E-state index >= 15 is 0 Å². The van der Waals surface area contributed by atoms with Crippen molar-refractivity contribution < 1.29 is 4.74 Å². The van der Waals surface area contributed by atoms with Gasteiger partial charge in [0.05, 0.1) is 6.10 Å². The van der Waals surface area contributed by atoms with Crippen LogP contribution in [0.4, 0.5) is 0 Å². The van der Waals surface area contributed by atoms with E-state index in [4.69, 9.17) is 4.74 Å². The highest BCUT2D eigenvalue weighted by Crippen LogP contribution is 2.32. The lowest BCUT2D eigenvalue weighted by Crippen LogP contribution is -2.24. The molecule has 1 aliphatic heterocycles. The average molecular weight is 142 g/mol. The third kappa shape index (κ3) is 1.72. The number of ether oxygens (including phenoxy) is 1. The van der Waals surface area contributed by atoms with Crippen LogP contribution in [0.1, 0.15) is 34.1 Å². The second kappa shape index (κ2) is 2.54. The molecule has 0 spiro atoms. The molecule has 1 saturated heterocycles. The van der Waals surface area contributed by atoms with E-state index in [1.807, 2.05) is 0 Å². The third-order valence-electron chi connectivity index (χ3n) is 2.16. The normalized spacial score (nSPS) is 34.8. The molecule has 2 atom stereocenters. The van der Waals surface area contributed by atoms with Crippen LogP contribution in [0.15, 0.2) is 0 Å². The van der Waals surface area contributed by atoms with Crippen molar-refractivity contribution in [1.82, 2.24) is 0 Å². The molecule has 0 N–H and O–H groups in total. The predicted molar refractivity (Wildman–Crippen MR) is 43.0 cm³/mol. The van der Waals surface area contributed by atoms with Gasteiger partial charge >= 0.3 is 0 Å². The minimum atomic E-state index is 0.338. The Morgan fingerprint density at radius 2 is 1.90 bits per heavy atom. The van der Waals surface area contributed by atoms with Crippen molar-refractivity contribution in [2.75, 3.05) is 6.61 Å². The van der Waals surface area contributed by atoms with Gasteiger partial charge in [-0.1, -0.05) is 27.7 Å². The van der Waals surface area contributed by atoms with E-state index in [0.717, 1.165) is 12.5 Å². The van der Waals surface area contributed by atoms with E-state index in [2.05, 4.69) is 27.7 Å². The molecule has 1 heteroatoms. The van der Waals surface area contributed by atoms with Crippen molar-refractivity contribution in [3.8, 4) is 0 Å². The number of rotatable bonds is 0. The fourth-order valence-electron chi connectivity index (χ4n) is 1.39. The average Bonchev–Trinajstić information content (AvgIpc) is 2.11. The Kier molecular flexibility index (Phi) is 2.04. The smallest absolute Gasteiger partial charge is 0.0626 e. The van der Waals surface area contributed by atoms with E-state index in [1.165, 1.54) is 6.42 Å². The first-order valence-electron chi connectivity index (χ1n) is 4.12. The molecule has 10 heavy (non-hydrogen) atoms. The van der Waals surface area contributed by atoms with Crippen LogP contribution < -0.4 is 0 Å². The first-order chi connectivity index (χ1) is 4.50. The molecule has 1 aliphatic rings. The molecule has 2 unspecified atom stereocenters. The summed E-state index contributed by atoms with van der Waals surface area (Å²) in [5.74, 6) is 0.768. The Morgan fingerprint density at radius 3 is 2.10 bits per heavy atom. The minimum absolute atomic E-state index is 0.338. The summed E-state index contributed by atoms with van der Waals surface area (Å²) in [6, 6.07) is 0. The van der Waals surface area contributed by atoms with Crippen molar-refractivity contribution in [2.24, 2.45) is 11.3 Å². The molecule has 1 nitrogen and oxygen atoms in total. The third-order valence-corrected chi connectivity index (χ3v) is 2.16. The summed E-state index contributed by atoms with van der Waals surface area (Å²) in [5.41, 5.74) is 0.338. The Balaban J connectivity index is 2.45. The monoisotopic (exact) mass is 142 g/mol. The SMILES string of the molecule is CC1COC(C(C)(C)C)C1. The van der Waals surface area contributed by atoms with Crippen molar-refractivity contribution >= 4 is 0 Å². The molecule has 0 radical (unpaired) electrons. The molecule has 0 bridgehead atoms. The highest BCUT2D eigenvalue weighted by molar-refractivity contribution is 4.80. The number of hydrogen-bond acceptors (Lipinski definition) is 1.